The number of hydrogen-bond acceptors (Lipinski definition) is 2. The Hall–Kier alpha value is -2.21. The Morgan fingerprint density at radius 3 is 2.61 bits per heavy atom. The number of amides is 1. The van der Waals surface area contributed by atoms with Crippen LogP contribution in [0.5, 0.6) is 0 Å². The number of hydrogen-bond donors (Lipinski definition) is 2. The molecule has 3 rings (SSSR count). The summed E-state index contributed by atoms with van der Waals surface area (Å²) in [5.74, 6) is -2.13. The molecule has 0 unspecified atom stereocenters. The van der Waals surface area contributed by atoms with Gasteiger partial charge in [-0.2, -0.15) is 0 Å². The van der Waals surface area contributed by atoms with Crippen LogP contribution in [0.3, 0.4) is 0 Å². The monoisotopic (exact) mass is 320 g/mol. The molecule has 0 saturated carbocycles. The van der Waals surface area contributed by atoms with Gasteiger partial charge in [-0.05, 0) is 49.6 Å². The predicted octanol–water partition coefficient (Wildman–Crippen LogP) is 2.86. The van der Waals surface area contributed by atoms with E-state index in [4.69, 9.17) is 0 Å². The number of β-amino-alcohol motifs (C(OH)–C–C–N with tert-alkyl or cyclic N) is 1. The number of likely N-dealkylation sites (tertiary alicyclic amines) is 1. The van der Waals surface area contributed by atoms with E-state index in [0.29, 0.717) is 17.7 Å². The number of rotatable bonds is 2. The second-order valence-electron chi connectivity index (χ2n) is 6.05. The highest BCUT2D eigenvalue weighted by Gasteiger charge is 2.37. The van der Waals surface area contributed by atoms with Crippen LogP contribution in [0.2, 0.25) is 0 Å². The number of carbonyl (C=O) groups is 1. The third kappa shape index (κ3) is 2.86. The first-order valence-corrected chi connectivity index (χ1v) is 7.47. The van der Waals surface area contributed by atoms with E-state index in [0.717, 1.165) is 23.4 Å². The highest BCUT2D eigenvalue weighted by Crippen LogP contribution is 2.34. The number of carbonyl (C=O) groups excluding carboxylic acids is 1. The number of nitrogens with one attached hydrogen (secondary N) is 1. The molecule has 1 saturated heterocycles. The van der Waals surface area contributed by atoms with E-state index < -0.39 is 23.8 Å². The summed E-state index contributed by atoms with van der Waals surface area (Å²) >= 11 is 0. The van der Waals surface area contributed by atoms with Gasteiger partial charge in [0.05, 0.1) is 12.1 Å². The molecular weight excluding hydrogens is 302 g/mol. The highest BCUT2D eigenvalue weighted by molar-refractivity contribution is 5.94. The normalized spacial score (nSPS) is 21.0. The van der Waals surface area contributed by atoms with Crippen LogP contribution in [0.1, 0.15) is 39.8 Å². The van der Waals surface area contributed by atoms with Gasteiger partial charge < -0.3 is 15.0 Å². The quantitative estimate of drug-likeness (QED) is 0.894. The fourth-order valence-electron chi connectivity index (χ4n) is 3.17. The molecule has 0 bridgehead atoms. The maximum atomic E-state index is 13.5. The van der Waals surface area contributed by atoms with Crippen molar-refractivity contribution in [1.29, 1.82) is 0 Å². The number of aliphatic hydroxyl groups is 1. The Labute approximate surface area is 132 Å². The second-order valence-corrected chi connectivity index (χ2v) is 6.05. The standard InChI is InChI=1S/C17H18F2N2O2/c1-9-5-10(2)20-16(9)17(23)21-8-12(22)7-15(21)11-3-4-13(18)14(19)6-11/h3-6,12,15,20,22H,7-8H2,1-2H3/t12-,15-/m1/s1. The molecule has 1 fully saturated rings. The van der Waals surface area contributed by atoms with Crippen molar-refractivity contribution in [2.75, 3.05) is 6.54 Å². The molecule has 4 nitrogen and oxygen atoms in total. The fraction of sp³-hybridized carbons (Fsp3) is 0.353. The molecular formula is C17H18F2N2O2. The smallest absolute Gasteiger partial charge is 0.271 e. The summed E-state index contributed by atoms with van der Waals surface area (Å²) in [7, 11) is 0. The van der Waals surface area contributed by atoms with E-state index in [2.05, 4.69) is 4.98 Å². The van der Waals surface area contributed by atoms with Crippen molar-refractivity contribution in [1.82, 2.24) is 9.88 Å². The Morgan fingerprint density at radius 2 is 2.00 bits per heavy atom. The van der Waals surface area contributed by atoms with Crippen molar-refractivity contribution < 1.29 is 18.7 Å². The minimum Gasteiger partial charge on any atom is -0.391 e. The summed E-state index contributed by atoms with van der Waals surface area (Å²) in [6, 6.07) is 4.98. The van der Waals surface area contributed by atoms with Gasteiger partial charge in [0.2, 0.25) is 0 Å². The van der Waals surface area contributed by atoms with E-state index in [1.54, 1.807) is 0 Å². The number of aromatic nitrogens is 1. The Morgan fingerprint density at radius 1 is 1.26 bits per heavy atom. The lowest BCUT2D eigenvalue weighted by Crippen LogP contribution is -2.32. The predicted molar refractivity (Wildman–Crippen MR) is 81.0 cm³/mol. The molecule has 2 heterocycles. The van der Waals surface area contributed by atoms with E-state index in [1.165, 1.54) is 11.0 Å². The Kier molecular flexibility index (Phi) is 3.93. The van der Waals surface area contributed by atoms with Crippen molar-refractivity contribution in [2.45, 2.75) is 32.4 Å². The van der Waals surface area contributed by atoms with Crippen molar-refractivity contribution >= 4 is 5.91 Å². The topological polar surface area (TPSA) is 56.3 Å². The van der Waals surface area contributed by atoms with Crippen molar-refractivity contribution in [2.24, 2.45) is 0 Å². The highest BCUT2D eigenvalue weighted by atomic mass is 19.2. The van der Waals surface area contributed by atoms with Crippen LogP contribution in [0, 0.1) is 25.5 Å². The van der Waals surface area contributed by atoms with Crippen LogP contribution in [0.15, 0.2) is 24.3 Å². The summed E-state index contributed by atoms with van der Waals surface area (Å²) in [6.07, 6.45) is -0.385. The van der Waals surface area contributed by atoms with Crippen molar-refractivity contribution in [3.05, 3.63) is 58.4 Å². The van der Waals surface area contributed by atoms with Gasteiger partial charge in [0.1, 0.15) is 5.69 Å². The molecule has 2 aromatic rings. The van der Waals surface area contributed by atoms with E-state index in [9.17, 15) is 18.7 Å². The maximum absolute atomic E-state index is 13.5. The lowest BCUT2D eigenvalue weighted by atomic mass is 10.0. The molecule has 0 spiro atoms. The largest absolute Gasteiger partial charge is 0.391 e. The van der Waals surface area contributed by atoms with Gasteiger partial charge in [0.15, 0.2) is 11.6 Å². The van der Waals surface area contributed by atoms with Crippen LogP contribution in [-0.4, -0.2) is 33.5 Å². The van der Waals surface area contributed by atoms with E-state index in [-0.39, 0.29) is 12.5 Å². The SMILES string of the molecule is Cc1cc(C)c(C(=O)N2C[C@H](O)C[C@@H]2c2ccc(F)c(F)c2)[nH]1. The van der Waals surface area contributed by atoms with Crippen LogP contribution < -0.4 is 0 Å². The molecule has 1 aromatic heterocycles. The van der Waals surface area contributed by atoms with Crippen LogP contribution in [0.4, 0.5) is 8.78 Å². The average molecular weight is 320 g/mol. The second kappa shape index (κ2) is 5.77. The molecule has 0 radical (unpaired) electrons. The molecule has 0 aliphatic carbocycles. The summed E-state index contributed by atoms with van der Waals surface area (Å²) in [5.41, 5.74) is 2.63. The Bertz CT molecular complexity index is 757. The molecule has 1 amide bonds. The number of nitrogens with zero attached hydrogens (tertiary/aromatic N) is 1. The minimum atomic E-state index is -0.955. The van der Waals surface area contributed by atoms with Gasteiger partial charge in [0, 0.05) is 12.2 Å². The molecule has 2 atom stereocenters. The van der Waals surface area contributed by atoms with Gasteiger partial charge in [-0.25, -0.2) is 8.78 Å². The summed E-state index contributed by atoms with van der Waals surface area (Å²) in [4.78, 5) is 17.3. The van der Waals surface area contributed by atoms with E-state index in [1.807, 2.05) is 19.9 Å². The van der Waals surface area contributed by atoms with Crippen molar-refractivity contribution in [3.63, 3.8) is 0 Å². The molecule has 122 valence electrons. The summed E-state index contributed by atoms with van der Waals surface area (Å²) < 4.78 is 26.6. The van der Waals surface area contributed by atoms with Crippen LogP contribution in [0.25, 0.3) is 0 Å². The number of aliphatic hydroxyl groups excluding tert-OH is 1. The first-order chi connectivity index (χ1) is 10.9. The zero-order valence-corrected chi connectivity index (χ0v) is 12.9. The molecule has 1 aromatic carbocycles. The first kappa shape index (κ1) is 15.7. The number of H-pyrrole nitrogens is 1. The third-order valence-corrected chi connectivity index (χ3v) is 4.23. The number of aryl methyl sites for hydroxylation is 2. The van der Waals surface area contributed by atoms with Gasteiger partial charge in [-0.3, -0.25) is 4.79 Å². The van der Waals surface area contributed by atoms with Gasteiger partial charge in [-0.1, -0.05) is 6.07 Å². The maximum Gasteiger partial charge on any atom is 0.271 e. The molecule has 23 heavy (non-hydrogen) atoms. The number of aromatic amines is 1. The lowest BCUT2D eigenvalue weighted by molar-refractivity contribution is 0.0709. The van der Waals surface area contributed by atoms with Crippen LogP contribution >= 0.6 is 0 Å². The van der Waals surface area contributed by atoms with Gasteiger partial charge in [0.25, 0.3) is 5.91 Å². The fourth-order valence-corrected chi connectivity index (χ4v) is 3.17. The molecule has 1 aliphatic rings. The zero-order chi connectivity index (χ0) is 16.7. The third-order valence-electron chi connectivity index (χ3n) is 4.23. The molecule has 2 N–H and O–H groups in total. The summed E-state index contributed by atoms with van der Waals surface area (Å²) in [5, 5.41) is 9.95. The van der Waals surface area contributed by atoms with Crippen LogP contribution in [-0.2, 0) is 0 Å². The zero-order valence-electron chi connectivity index (χ0n) is 12.9. The number of halogens is 2. The van der Waals surface area contributed by atoms with Gasteiger partial charge >= 0.3 is 0 Å². The summed E-state index contributed by atoms with van der Waals surface area (Å²) in [6.45, 7) is 3.85. The lowest BCUT2D eigenvalue weighted by Gasteiger charge is -2.24. The van der Waals surface area contributed by atoms with Gasteiger partial charge in [-0.15, -0.1) is 0 Å². The van der Waals surface area contributed by atoms with Crippen molar-refractivity contribution in [3.8, 4) is 0 Å². The average Bonchev–Trinajstić information content (AvgIpc) is 3.03. The first-order valence-electron chi connectivity index (χ1n) is 7.47. The molecule has 1 aliphatic heterocycles. The Balaban J connectivity index is 1.94. The number of benzene rings is 1. The van der Waals surface area contributed by atoms with E-state index >= 15 is 0 Å². The minimum absolute atomic E-state index is 0.167. The molecule has 6 heteroatoms.